The van der Waals surface area contributed by atoms with E-state index >= 15 is 0 Å². The summed E-state index contributed by atoms with van der Waals surface area (Å²) >= 11 is 1.10. The summed E-state index contributed by atoms with van der Waals surface area (Å²) in [6.45, 7) is 0.783. The van der Waals surface area contributed by atoms with E-state index < -0.39 is 6.00 Å². The highest BCUT2D eigenvalue weighted by Crippen LogP contribution is 2.09. The van der Waals surface area contributed by atoms with Gasteiger partial charge in [0.05, 0.1) is 12.6 Å². The molecule has 1 rings (SSSR count). The molecule has 0 aliphatic carbocycles. The number of ether oxygens (including phenoxy) is 1. The molecule has 1 fully saturated rings. The van der Waals surface area contributed by atoms with E-state index in [9.17, 15) is 0 Å². The van der Waals surface area contributed by atoms with Gasteiger partial charge in [0.2, 0.25) is 0 Å². The van der Waals surface area contributed by atoms with Gasteiger partial charge in [-0.3, -0.25) is 5.14 Å². The first-order valence-electron chi connectivity index (χ1n) is 3.59. The fraction of sp³-hybridized carbons (Fsp3) is 0.667. The number of hydroxylamine groups is 2. The average molecular weight is 186 g/mol. The molecule has 1 aliphatic rings. The van der Waals surface area contributed by atoms with Crippen molar-refractivity contribution in [2.24, 2.45) is 5.14 Å². The Morgan fingerprint density at radius 2 is 2.42 bits per heavy atom. The van der Waals surface area contributed by atoms with E-state index in [0.717, 1.165) is 17.0 Å². The van der Waals surface area contributed by atoms with Gasteiger partial charge < -0.3 is 9.94 Å². The zero-order valence-corrected chi connectivity index (χ0v) is 7.41. The summed E-state index contributed by atoms with van der Waals surface area (Å²) in [5.74, 6) is 0. The van der Waals surface area contributed by atoms with E-state index in [1.807, 2.05) is 0 Å². The fourth-order valence-corrected chi connectivity index (χ4v) is 1.31. The third-order valence-electron chi connectivity index (χ3n) is 1.50. The first kappa shape index (κ1) is 10.1. The maximum absolute atomic E-state index is 9.15. The van der Waals surface area contributed by atoms with E-state index in [4.69, 9.17) is 22.9 Å². The van der Waals surface area contributed by atoms with E-state index in [2.05, 4.69) is 0 Å². The van der Waals surface area contributed by atoms with Crippen molar-refractivity contribution in [1.29, 1.82) is 0 Å². The second-order valence-corrected chi connectivity index (χ2v) is 3.09. The lowest BCUT2D eigenvalue weighted by atomic mass is 9.98. The fourth-order valence-electron chi connectivity index (χ4n) is 1.04. The van der Waals surface area contributed by atoms with Crippen LogP contribution in [0, 0.1) is 0 Å². The van der Waals surface area contributed by atoms with Crippen LogP contribution < -0.4 is 5.14 Å². The van der Waals surface area contributed by atoms with Gasteiger partial charge in [0.15, 0.2) is 0 Å². The molecule has 2 atom stereocenters. The zero-order chi connectivity index (χ0) is 8.97. The van der Waals surface area contributed by atoms with Gasteiger partial charge in [-0.1, -0.05) is 11.9 Å². The molecule has 0 aromatic rings. The second-order valence-electron chi connectivity index (χ2n) is 2.55. The van der Waals surface area contributed by atoms with Crippen molar-refractivity contribution in [2.45, 2.75) is 12.1 Å². The number of morpholine rings is 1. The van der Waals surface area contributed by atoms with Crippen LogP contribution in [0.25, 0.3) is 0 Å². The summed E-state index contributed by atoms with van der Waals surface area (Å²) in [4.78, 5) is 0. The third-order valence-corrected chi connectivity index (χ3v) is 1.82. The van der Waals surface area contributed by atoms with Gasteiger partial charge in [0, 0.05) is 12.5 Å². The van der Waals surface area contributed by atoms with Gasteiger partial charge in [-0.25, -0.2) is 0 Å². The van der Waals surface area contributed by atoms with Gasteiger partial charge in [-0.2, -0.15) is 5.06 Å². The molecule has 0 saturated carbocycles. The van der Waals surface area contributed by atoms with Gasteiger partial charge >= 0.3 is 0 Å². The molecule has 6 heteroatoms. The normalized spacial score (nSPS) is 32.8. The van der Waals surface area contributed by atoms with E-state index in [0.29, 0.717) is 13.1 Å². The van der Waals surface area contributed by atoms with Crippen molar-refractivity contribution in [3.63, 3.8) is 0 Å². The summed E-state index contributed by atoms with van der Waals surface area (Å²) in [6.07, 6.45) is 1.60. The number of rotatable bonds is 2. The molecule has 1 aliphatic heterocycles. The lowest BCUT2D eigenvalue weighted by molar-refractivity contribution is -0.168. The van der Waals surface area contributed by atoms with Crippen molar-refractivity contribution in [3.8, 4) is 0 Å². The van der Waals surface area contributed by atoms with E-state index in [1.54, 1.807) is 11.5 Å². The molecule has 0 aromatic heterocycles. The molecule has 0 bridgehead atoms. The summed E-state index contributed by atoms with van der Waals surface area (Å²) in [5.41, 5.74) is 0. The lowest BCUT2D eigenvalue weighted by Crippen LogP contribution is -2.45. The van der Waals surface area contributed by atoms with Crippen molar-refractivity contribution >= 4 is 19.8 Å². The Hall–Kier alpha value is -0.00506. The molecule has 3 N–H and O–H groups in total. The third kappa shape index (κ3) is 3.16. The number of nitrogens with two attached hydrogens (primary N) is 1. The quantitative estimate of drug-likeness (QED) is 0.457. The van der Waals surface area contributed by atoms with Crippen LogP contribution in [0.2, 0.25) is 0 Å². The predicted molar refractivity (Wildman–Crippen MR) is 48.7 cm³/mol. The summed E-state index contributed by atoms with van der Waals surface area (Å²) in [5, 5.41) is 17.2. The summed E-state index contributed by atoms with van der Waals surface area (Å²) in [6, 6.07) is -0.429. The molecule has 4 nitrogen and oxygen atoms in total. The Morgan fingerprint density at radius 1 is 1.67 bits per heavy atom. The highest BCUT2D eigenvalue weighted by molar-refractivity contribution is 7.99. The topological polar surface area (TPSA) is 58.7 Å². The molecule has 0 aromatic carbocycles. The van der Waals surface area contributed by atoms with Crippen LogP contribution in [0.15, 0.2) is 11.5 Å². The molecule has 2 radical (unpaired) electrons. The maximum atomic E-state index is 9.15. The largest absolute Gasteiger partial charge is 0.378 e. The molecular weight excluding hydrogens is 175 g/mol. The molecule has 0 spiro atoms. The standard InChI is InChI=1S/C6H11BN2O2S/c7-6-4-9(10)3-5(11-6)1-2-12-8/h1-2,5-6,10H,3-4,8H2. The van der Waals surface area contributed by atoms with Gasteiger partial charge in [0.1, 0.15) is 7.85 Å². The Labute approximate surface area is 77.2 Å². The Kier molecular flexibility index (Phi) is 4.10. The predicted octanol–water partition coefficient (Wildman–Crippen LogP) is -0.308. The number of hydrogen-bond acceptors (Lipinski definition) is 5. The van der Waals surface area contributed by atoms with Crippen LogP contribution in [0.1, 0.15) is 0 Å². The molecule has 66 valence electrons. The minimum atomic E-state index is -0.429. The van der Waals surface area contributed by atoms with Crippen LogP contribution in [-0.2, 0) is 4.74 Å². The first-order chi connectivity index (χ1) is 5.72. The van der Waals surface area contributed by atoms with Gasteiger partial charge in [-0.15, -0.1) is 0 Å². The monoisotopic (exact) mass is 186 g/mol. The highest BCUT2D eigenvalue weighted by atomic mass is 32.2. The number of nitrogens with zero attached hydrogens (tertiary/aromatic N) is 1. The van der Waals surface area contributed by atoms with Crippen molar-refractivity contribution in [3.05, 3.63) is 11.5 Å². The Balaban J connectivity index is 2.38. The average Bonchev–Trinajstić information content (AvgIpc) is 1.99. The maximum Gasteiger partial charge on any atom is 0.110 e. The van der Waals surface area contributed by atoms with Gasteiger partial charge in [-0.05, 0) is 11.5 Å². The second kappa shape index (κ2) is 4.88. The van der Waals surface area contributed by atoms with Crippen LogP contribution in [0.4, 0.5) is 0 Å². The summed E-state index contributed by atoms with van der Waals surface area (Å²) in [7, 11) is 5.49. The van der Waals surface area contributed by atoms with Crippen LogP contribution in [-0.4, -0.2) is 43.3 Å². The number of hydrogen-bond donors (Lipinski definition) is 2. The van der Waals surface area contributed by atoms with Crippen LogP contribution in [0.3, 0.4) is 0 Å². The van der Waals surface area contributed by atoms with Crippen molar-refractivity contribution < 1.29 is 9.94 Å². The smallest absolute Gasteiger partial charge is 0.110 e. The first-order valence-corrected chi connectivity index (χ1v) is 4.53. The minimum Gasteiger partial charge on any atom is -0.378 e. The molecular formula is C6H11BN2O2S. The SMILES string of the molecule is [B]C1CN(O)CC(C=CSN)O1. The Morgan fingerprint density at radius 3 is 3.00 bits per heavy atom. The van der Waals surface area contributed by atoms with Crippen molar-refractivity contribution in [1.82, 2.24) is 5.06 Å². The molecule has 12 heavy (non-hydrogen) atoms. The van der Waals surface area contributed by atoms with Crippen LogP contribution in [0.5, 0.6) is 0 Å². The minimum absolute atomic E-state index is 0.171. The summed E-state index contributed by atoms with van der Waals surface area (Å²) < 4.78 is 5.28. The van der Waals surface area contributed by atoms with Crippen LogP contribution >= 0.6 is 11.9 Å². The molecule has 1 saturated heterocycles. The zero-order valence-electron chi connectivity index (χ0n) is 6.59. The van der Waals surface area contributed by atoms with E-state index in [1.165, 1.54) is 0 Å². The van der Waals surface area contributed by atoms with Gasteiger partial charge in [0.25, 0.3) is 0 Å². The molecule has 2 unspecified atom stereocenters. The lowest BCUT2D eigenvalue weighted by Gasteiger charge is -2.31. The van der Waals surface area contributed by atoms with E-state index in [-0.39, 0.29) is 6.10 Å². The molecule has 0 amide bonds. The highest BCUT2D eigenvalue weighted by Gasteiger charge is 2.21. The molecule has 1 heterocycles. The van der Waals surface area contributed by atoms with Crippen molar-refractivity contribution in [2.75, 3.05) is 13.1 Å². The Bertz CT molecular complexity index is 160.